The third kappa shape index (κ3) is 3.83. The lowest BCUT2D eigenvalue weighted by Crippen LogP contribution is -2.29. The molecule has 0 unspecified atom stereocenters. The first-order valence-corrected chi connectivity index (χ1v) is 7.95. The fraction of sp³-hybridized carbons (Fsp3) is 0.412. The van der Waals surface area contributed by atoms with Crippen LogP contribution in [0.2, 0.25) is 0 Å². The summed E-state index contributed by atoms with van der Waals surface area (Å²) in [5.74, 6) is 0.672. The van der Waals surface area contributed by atoms with Gasteiger partial charge in [0.1, 0.15) is 0 Å². The fourth-order valence-corrected chi connectivity index (χ4v) is 2.68. The molecular weight excluding hydrogens is 290 g/mol. The van der Waals surface area contributed by atoms with Gasteiger partial charge in [-0.2, -0.15) is 0 Å². The first-order valence-electron chi connectivity index (χ1n) is 7.95. The number of pyridine rings is 1. The number of carbonyl (C=O) groups excluding carboxylic acids is 1. The van der Waals surface area contributed by atoms with E-state index in [0.717, 1.165) is 25.5 Å². The number of carbonyl (C=O) groups is 1. The summed E-state index contributed by atoms with van der Waals surface area (Å²) >= 11 is 0. The third-order valence-corrected chi connectivity index (χ3v) is 4.11. The maximum absolute atomic E-state index is 12.4. The molecule has 1 aliphatic heterocycles. The van der Waals surface area contributed by atoms with Crippen LogP contribution in [0.4, 0.5) is 5.95 Å². The number of anilines is 1. The summed E-state index contributed by atoms with van der Waals surface area (Å²) in [6, 6.07) is 3.93. The van der Waals surface area contributed by atoms with Gasteiger partial charge in [-0.25, -0.2) is 9.97 Å². The van der Waals surface area contributed by atoms with Crippen molar-refractivity contribution < 1.29 is 4.79 Å². The van der Waals surface area contributed by atoms with Crippen LogP contribution in [-0.2, 0) is 6.42 Å². The second-order valence-corrected chi connectivity index (χ2v) is 5.80. The van der Waals surface area contributed by atoms with Gasteiger partial charge < -0.3 is 9.80 Å². The molecule has 0 radical (unpaired) electrons. The van der Waals surface area contributed by atoms with Crippen molar-refractivity contribution in [2.45, 2.75) is 19.3 Å². The second kappa shape index (κ2) is 7.17. The van der Waals surface area contributed by atoms with E-state index in [0.29, 0.717) is 12.1 Å². The van der Waals surface area contributed by atoms with E-state index in [1.54, 1.807) is 36.7 Å². The van der Waals surface area contributed by atoms with Crippen molar-refractivity contribution in [3.63, 3.8) is 0 Å². The number of nitrogens with zero attached hydrogens (tertiary/aromatic N) is 5. The van der Waals surface area contributed by atoms with E-state index in [9.17, 15) is 4.79 Å². The number of likely N-dealkylation sites (N-methyl/N-ethyl adjacent to an activating group) is 1. The molecule has 1 aliphatic rings. The van der Waals surface area contributed by atoms with E-state index in [-0.39, 0.29) is 5.91 Å². The maximum atomic E-state index is 12.4. The molecule has 120 valence electrons. The van der Waals surface area contributed by atoms with Crippen molar-refractivity contribution in [1.29, 1.82) is 0 Å². The van der Waals surface area contributed by atoms with Crippen molar-refractivity contribution >= 4 is 11.9 Å². The minimum atomic E-state index is -0.0490. The lowest BCUT2D eigenvalue weighted by Gasteiger charge is -2.18. The first-order chi connectivity index (χ1) is 11.2. The average Bonchev–Trinajstić information content (AvgIpc) is 3.15. The van der Waals surface area contributed by atoms with Crippen LogP contribution in [0.15, 0.2) is 36.9 Å². The Labute approximate surface area is 136 Å². The molecule has 0 saturated carbocycles. The topological polar surface area (TPSA) is 62.2 Å². The normalized spacial score (nSPS) is 14.0. The van der Waals surface area contributed by atoms with Gasteiger partial charge in [0.05, 0.1) is 5.56 Å². The van der Waals surface area contributed by atoms with Crippen molar-refractivity contribution in [2.75, 3.05) is 31.6 Å². The van der Waals surface area contributed by atoms with Crippen LogP contribution in [0.25, 0.3) is 0 Å². The van der Waals surface area contributed by atoms with Gasteiger partial charge in [0.2, 0.25) is 5.95 Å². The van der Waals surface area contributed by atoms with Gasteiger partial charge in [-0.3, -0.25) is 9.78 Å². The molecule has 1 amide bonds. The van der Waals surface area contributed by atoms with Gasteiger partial charge in [-0.15, -0.1) is 0 Å². The Kier molecular flexibility index (Phi) is 4.80. The van der Waals surface area contributed by atoms with Crippen LogP contribution in [0.1, 0.15) is 28.8 Å². The smallest absolute Gasteiger partial charge is 0.256 e. The average molecular weight is 311 g/mol. The molecule has 1 saturated heterocycles. The number of amides is 1. The lowest BCUT2D eigenvalue weighted by molar-refractivity contribution is 0.0796. The Bertz CT molecular complexity index is 638. The van der Waals surface area contributed by atoms with Crippen LogP contribution in [0, 0.1) is 0 Å². The van der Waals surface area contributed by atoms with E-state index in [1.807, 2.05) is 12.1 Å². The molecule has 3 rings (SSSR count). The van der Waals surface area contributed by atoms with Crippen molar-refractivity contribution in [2.24, 2.45) is 0 Å². The summed E-state index contributed by atoms with van der Waals surface area (Å²) in [5, 5.41) is 0. The number of aromatic nitrogens is 3. The Morgan fingerprint density at radius 2 is 1.83 bits per heavy atom. The van der Waals surface area contributed by atoms with E-state index in [2.05, 4.69) is 19.9 Å². The van der Waals surface area contributed by atoms with Gasteiger partial charge in [-0.05, 0) is 37.0 Å². The molecule has 0 N–H and O–H groups in total. The fourth-order valence-electron chi connectivity index (χ4n) is 2.68. The molecule has 0 atom stereocenters. The van der Waals surface area contributed by atoms with Gasteiger partial charge >= 0.3 is 0 Å². The molecular formula is C17H21N5O. The van der Waals surface area contributed by atoms with Crippen LogP contribution >= 0.6 is 0 Å². The molecule has 2 aromatic rings. The largest absolute Gasteiger partial charge is 0.341 e. The highest BCUT2D eigenvalue weighted by Crippen LogP contribution is 2.15. The van der Waals surface area contributed by atoms with Crippen LogP contribution in [0.5, 0.6) is 0 Å². The number of hydrogen-bond acceptors (Lipinski definition) is 5. The molecule has 2 aromatic heterocycles. The predicted molar refractivity (Wildman–Crippen MR) is 88.4 cm³/mol. The standard InChI is InChI=1S/C17H21N5O/c1-21(11-6-14-4-7-18-8-5-14)16(23)15-12-19-17(20-13-15)22-9-2-3-10-22/h4-5,7-8,12-13H,2-3,6,9-11H2,1H3. The van der Waals surface area contributed by atoms with E-state index >= 15 is 0 Å². The Hall–Kier alpha value is -2.50. The summed E-state index contributed by atoms with van der Waals surface area (Å²) in [6.07, 6.45) is 9.96. The summed E-state index contributed by atoms with van der Waals surface area (Å²) in [7, 11) is 1.80. The van der Waals surface area contributed by atoms with Crippen LogP contribution in [0.3, 0.4) is 0 Å². The van der Waals surface area contributed by atoms with Crippen molar-refractivity contribution in [3.05, 3.63) is 48.0 Å². The first kappa shape index (κ1) is 15.4. The monoisotopic (exact) mass is 311 g/mol. The predicted octanol–water partition coefficient (Wildman–Crippen LogP) is 1.79. The summed E-state index contributed by atoms with van der Waals surface area (Å²) in [5.41, 5.74) is 1.70. The lowest BCUT2D eigenvalue weighted by atomic mass is 10.2. The SMILES string of the molecule is CN(CCc1ccncc1)C(=O)c1cnc(N2CCCC2)nc1. The van der Waals surface area contributed by atoms with Gasteiger partial charge in [0.25, 0.3) is 5.91 Å². The molecule has 0 aromatic carbocycles. The zero-order valence-electron chi connectivity index (χ0n) is 13.4. The van der Waals surface area contributed by atoms with Gasteiger partial charge in [0, 0.05) is 51.5 Å². The second-order valence-electron chi connectivity index (χ2n) is 5.80. The van der Waals surface area contributed by atoms with E-state index in [1.165, 1.54) is 18.4 Å². The molecule has 23 heavy (non-hydrogen) atoms. The molecule has 6 nitrogen and oxygen atoms in total. The van der Waals surface area contributed by atoms with Crippen LogP contribution in [-0.4, -0.2) is 52.4 Å². The zero-order chi connectivity index (χ0) is 16.1. The number of hydrogen-bond donors (Lipinski definition) is 0. The number of rotatable bonds is 5. The minimum Gasteiger partial charge on any atom is -0.341 e. The molecule has 0 spiro atoms. The van der Waals surface area contributed by atoms with E-state index in [4.69, 9.17) is 0 Å². The van der Waals surface area contributed by atoms with Crippen molar-refractivity contribution in [1.82, 2.24) is 19.9 Å². The van der Waals surface area contributed by atoms with Crippen LogP contribution < -0.4 is 4.90 Å². The molecule has 0 aliphatic carbocycles. The molecule has 6 heteroatoms. The maximum Gasteiger partial charge on any atom is 0.256 e. The van der Waals surface area contributed by atoms with Crippen molar-refractivity contribution in [3.8, 4) is 0 Å². The van der Waals surface area contributed by atoms with E-state index < -0.39 is 0 Å². The Morgan fingerprint density at radius 3 is 2.48 bits per heavy atom. The third-order valence-electron chi connectivity index (χ3n) is 4.11. The summed E-state index contributed by atoms with van der Waals surface area (Å²) in [4.78, 5) is 29.0. The minimum absolute atomic E-state index is 0.0490. The highest BCUT2D eigenvalue weighted by Gasteiger charge is 2.17. The van der Waals surface area contributed by atoms with Gasteiger partial charge in [0.15, 0.2) is 0 Å². The highest BCUT2D eigenvalue weighted by molar-refractivity contribution is 5.93. The molecule has 3 heterocycles. The summed E-state index contributed by atoms with van der Waals surface area (Å²) < 4.78 is 0. The van der Waals surface area contributed by atoms with Gasteiger partial charge in [-0.1, -0.05) is 0 Å². The molecule has 1 fully saturated rings. The molecule has 0 bridgehead atoms. The zero-order valence-corrected chi connectivity index (χ0v) is 13.4. The quantitative estimate of drug-likeness (QED) is 0.842. The Morgan fingerprint density at radius 1 is 1.17 bits per heavy atom. The highest BCUT2D eigenvalue weighted by atomic mass is 16.2. The summed E-state index contributed by atoms with van der Waals surface area (Å²) in [6.45, 7) is 2.65. The Balaban J connectivity index is 1.58.